The van der Waals surface area contributed by atoms with E-state index in [4.69, 9.17) is 4.74 Å². The highest BCUT2D eigenvalue weighted by molar-refractivity contribution is 6.05. The summed E-state index contributed by atoms with van der Waals surface area (Å²) in [6.45, 7) is 0. The average Bonchev–Trinajstić information content (AvgIpc) is 3.25. The number of nitrogens with zero attached hydrogens (tertiary/aromatic N) is 3. The maximum Gasteiger partial charge on any atom is 0.274 e. The van der Waals surface area contributed by atoms with Crippen LogP contribution in [0, 0.1) is 10.1 Å². The molecule has 0 bridgehead atoms. The molecule has 4 rings (SSSR count). The number of hydrogen-bond donors (Lipinski definition) is 0. The van der Waals surface area contributed by atoms with Crippen LogP contribution in [0.3, 0.4) is 0 Å². The highest BCUT2D eigenvalue weighted by Gasteiger charge is 2.34. The zero-order chi connectivity index (χ0) is 21.1. The maximum atomic E-state index is 13.2. The first-order chi connectivity index (χ1) is 14.6. The van der Waals surface area contributed by atoms with Crippen LogP contribution < -0.4 is 4.74 Å². The van der Waals surface area contributed by atoms with E-state index < -0.39 is 11.0 Å². The number of rotatable bonds is 5. The SMILES string of the molecule is COc1ccc(C2=NN(C(=O)c3ccccc3)[C@H](c3cccc([N+](=O)[O-])c3)C2)cc1. The van der Waals surface area contributed by atoms with Gasteiger partial charge in [0.05, 0.1) is 23.8 Å². The molecule has 0 saturated carbocycles. The largest absolute Gasteiger partial charge is 0.497 e. The lowest BCUT2D eigenvalue weighted by Crippen LogP contribution is -2.27. The predicted molar refractivity (Wildman–Crippen MR) is 113 cm³/mol. The summed E-state index contributed by atoms with van der Waals surface area (Å²) in [6, 6.07) is 22.2. The van der Waals surface area contributed by atoms with Crippen LogP contribution in [0.1, 0.15) is 33.9 Å². The van der Waals surface area contributed by atoms with Crippen molar-refractivity contribution in [2.45, 2.75) is 12.5 Å². The van der Waals surface area contributed by atoms with Gasteiger partial charge in [-0.15, -0.1) is 0 Å². The number of nitro groups is 1. The minimum atomic E-state index is -0.437. The van der Waals surface area contributed by atoms with Crippen LogP contribution in [0.2, 0.25) is 0 Å². The highest BCUT2D eigenvalue weighted by Crippen LogP contribution is 2.35. The average molecular weight is 401 g/mol. The Morgan fingerprint density at radius 1 is 1.07 bits per heavy atom. The minimum Gasteiger partial charge on any atom is -0.497 e. The number of methoxy groups -OCH3 is 1. The smallest absolute Gasteiger partial charge is 0.274 e. The summed E-state index contributed by atoms with van der Waals surface area (Å²) in [6.07, 6.45) is 0.450. The lowest BCUT2D eigenvalue weighted by molar-refractivity contribution is -0.384. The van der Waals surface area contributed by atoms with Crippen molar-refractivity contribution in [3.8, 4) is 5.75 Å². The van der Waals surface area contributed by atoms with Crippen molar-refractivity contribution in [3.63, 3.8) is 0 Å². The van der Waals surface area contributed by atoms with Crippen LogP contribution in [-0.4, -0.2) is 28.7 Å². The van der Waals surface area contributed by atoms with E-state index in [-0.39, 0.29) is 11.6 Å². The van der Waals surface area contributed by atoms with Crippen molar-refractivity contribution >= 4 is 17.3 Å². The van der Waals surface area contributed by atoms with E-state index in [9.17, 15) is 14.9 Å². The third-order valence-electron chi connectivity index (χ3n) is 5.03. The highest BCUT2D eigenvalue weighted by atomic mass is 16.6. The van der Waals surface area contributed by atoms with Crippen molar-refractivity contribution in [2.24, 2.45) is 5.10 Å². The minimum absolute atomic E-state index is 0.0162. The van der Waals surface area contributed by atoms with E-state index in [1.54, 1.807) is 43.5 Å². The molecule has 7 nitrogen and oxygen atoms in total. The first kappa shape index (κ1) is 19.3. The third kappa shape index (κ3) is 3.77. The Bertz CT molecular complexity index is 1110. The molecule has 0 fully saturated rings. The molecule has 0 unspecified atom stereocenters. The van der Waals surface area contributed by atoms with Gasteiger partial charge >= 0.3 is 0 Å². The summed E-state index contributed by atoms with van der Waals surface area (Å²) >= 11 is 0. The molecule has 150 valence electrons. The summed E-state index contributed by atoms with van der Waals surface area (Å²) in [5.41, 5.74) is 2.76. The second-order valence-electron chi connectivity index (χ2n) is 6.86. The zero-order valence-electron chi connectivity index (χ0n) is 16.3. The number of carbonyl (C=O) groups excluding carboxylic acids is 1. The lowest BCUT2D eigenvalue weighted by Gasteiger charge is -2.22. The Morgan fingerprint density at radius 2 is 1.80 bits per heavy atom. The third-order valence-corrected chi connectivity index (χ3v) is 5.03. The molecular weight excluding hydrogens is 382 g/mol. The predicted octanol–water partition coefficient (Wildman–Crippen LogP) is 4.59. The topological polar surface area (TPSA) is 85.0 Å². The second-order valence-corrected chi connectivity index (χ2v) is 6.86. The molecule has 0 N–H and O–H groups in total. The quantitative estimate of drug-likeness (QED) is 0.462. The van der Waals surface area contributed by atoms with Gasteiger partial charge in [-0.2, -0.15) is 5.10 Å². The molecule has 30 heavy (non-hydrogen) atoms. The fraction of sp³-hybridized carbons (Fsp3) is 0.130. The molecule has 1 amide bonds. The zero-order valence-corrected chi connectivity index (χ0v) is 16.3. The molecule has 0 spiro atoms. The normalized spacial score (nSPS) is 15.6. The van der Waals surface area contributed by atoms with Gasteiger partial charge in [0.25, 0.3) is 11.6 Å². The molecule has 1 aliphatic heterocycles. The van der Waals surface area contributed by atoms with Gasteiger partial charge in [0.1, 0.15) is 5.75 Å². The molecule has 3 aromatic carbocycles. The van der Waals surface area contributed by atoms with Crippen molar-refractivity contribution < 1.29 is 14.5 Å². The number of nitro benzene ring substituents is 1. The van der Waals surface area contributed by atoms with Gasteiger partial charge in [-0.1, -0.05) is 30.3 Å². The van der Waals surface area contributed by atoms with Crippen LogP contribution in [0.4, 0.5) is 5.69 Å². The van der Waals surface area contributed by atoms with Gasteiger partial charge in [-0.3, -0.25) is 14.9 Å². The number of hydrazone groups is 1. The van der Waals surface area contributed by atoms with E-state index in [2.05, 4.69) is 5.10 Å². The second kappa shape index (κ2) is 8.16. The van der Waals surface area contributed by atoms with Gasteiger partial charge in [0, 0.05) is 24.1 Å². The van der Waals surface area contributed by atoms with Crippen LogP contribution in [-0.2, 0) is 0 Å². The molecule has 1 atom stereocenters. The van der Waals surface area contributed by atoms with E-state index in [0.717, 1.165) is 17.0 Å². The molecule has 3 aromatic rings. The van der Waals surface area contributed by atoms with Crippen LogP contribution in [0.25, 0.3) is 0 Å². The van der Waals surface area contributed by atoms with Crippen LogP contribution >= 0.6 is 0 Å². The first-order valence-electron chi connectivity index (χ1n) is 9.41. The molecule has 0 radical (unpaired) electrons. The Morgan fingerprint density at radius 3 is 2.47 bits per heavy atom. The first-order valence-corrected chi connectivity index (χ1v) is 9.41. The Labute approximate surface area is 173 Å². The van der Waals surface area contributed by atoms with Gasteiger partial charge < -0.3 is 4.74 Å². The fourth-order valence-electron chi connectivity index (χ4n) is 3.47. The van der Waals surface area contributed by atoms with Crippen LogP contribution in [0.15, 0.2) is 84.0 Å². The number of benzene rings is 3. The molecule has 0 aromatic heterocycles. The Balaban J connectivity index is 1.73. The summed E-state index contributed by atoms with van der Waals surface area (Å²) in [7, 11) is 1.60. The van der Waals surface area contributed by atoms with Crippen molar-refractivity contribution in [2.75, 3.05) is 7.11 Å². The van der Waals surface area contributed by atoms with Gasteiger partial charge in [-0.25, -0.2) is 5.01 Å². The number of hydrogen-bond acceptors (Lipinski definition) is 5. The molecule has 1 aliphatic rings. The van der Waals surface area contributed by atoms with E-state index in [1.165, 1.54) is 17.1 Å². The Hall–Kier alpha value is -4.00. The van der Waals surface area contributed by atoms with Gasteiger partial charge in [0.2, 0.25) is 0 Å². The van der Waals surface area contributed by atoms with Crippen molar-refractivity contribution in [3.05, 3.63) is 106 Å². The molecule has 0 saturated heterocycles. The maximum absolute atomic E-state index is 13.2. The lowest BCUT2D eigenvalue weighted by atomic mass is 9.97. The monoisotopic (exact) mass is 401 g/mol. The number of carbonyl (C=O) groups is 1. The molecule has 0 aliphatic carbocycles. The van der Waals surface area contributed by atoms with E-state index in [1.807, 2.05) is 30.3 Å². The summed E-state index contributed by atoms with van der Waals surface area (Å²) in [5.74, 6) is 0.473. The summed E-state index contributed by atoms with van der Waals surface area (Å²) in [4.78, 5) is 24.0. The summed E-state index contributed by atoms with van der Waals surface area (Å²) in [5, 5.41) is 17.3. The molecular formula is C23H19N3O4. The summed E-state index contributed by atoms with van der Waals surface area (Å²) < 4.78 is 5.21. The van der Waals surface area contributed by atoms with Gasteiger partial charge in [0.15, 0.2) is 0 Å². The van der Waals surface area contributed by atoms with Crippen LogP contribution in [0.5, 0.6) is 5.75 Å². The molecule has 7 heteroatoms. The van der Waals surface area contributed by atoms with E-state index >= 15 is 0 Å². The number of non-ortho nitro benzene ring substituents is 1. The van der Waals surface area contributed by atoms with Crippen molar-refractivity contribution in [1.82, 2.24) is 5.01 Å². The fourth-order valence-corrected chi connectivity index (χ4v) is 3.47. The van der Waals surface area contributed by atoms with E-state index in [0.29, 0.717) is 17.5 Å². The standard InChI is InChI=1S/C23H19N3O4/c1-30-20-12-10-16(11-13-20)21-15-22(18-8-5-9-19(14-18)26(28)29)25(24-21)23(27)17-6-3-2-4-7-17/h2-14,22H,15H2,1H3/t22-/m0/s1. The Kier molecular flexibility index (Phi) is 5.26. The van der Waals surface area contributed by atoms with Gasteiger partial charge in [-0.05, 0) is 47.5 Å². The van der Waals surface area contributed by atoms with Crippen molar-refractivity contribution in [1.29, 1.82) is 0 Å². The molecule has 1 heterocycles. The number of ether oxygens (including phenoxy) is 1. The number of amides is 1.